The van der Waals surface area contributed by atoms with Crippen LogP contribution in [-0.2, 0) is 19.1 Å². The molecule has 0 heterocycles. The predicted octanol–water partition coefficient (Wildman–Crippen LogP) is 4.25. The normalized spacial score (nSPS) is 18.3. The number of carbonyl (C=O) groups excluding carboxylic acids is 2. The molecule has 0 unspecified atom stereocenters. The largest absolute Gasteiger partial charge is 0.494 e. The average Bonchev–Trinajstić information content (AvgIpc) is 2.89. The molecule has 2 aliphatic carbocycles. The van der Waals surface area contributed by atoms with Crippen LogP contribution in [0.15, 0.2) is 46.9 Å². The highest BCUT2D eigenvalue weighted by atomic mass is 35.5. The molecule has 2 aliphatic rings. The molecule has 5 nitrogen and oxygen atoms in total. The van der Waals surface area contributed by atoms with E-state index in [-0.39, 0.29) is 23.1 Å². The van der Waals surface area contributed by atoms with Gasteiger partial charge in [-0.25, -0.2) is 0 Å². The molecule has 0 bridgehead atoms. The number of ketones is 2. The molecule has 0 aromatic heterocycles. The number of rotatable bonds is 6. The van der Waals surface area contributed by atoms with E-state index in [0.717, 1.165) is 25.0 Å². The van der Waals surface area contributed by atoms with Crippen molar-refractivity contribution in [1.82, 2.24) is 0 Å². The number of hydrogen-bond donors (Lipinski definition) is 0. The Hall–Kier alpha value is -2.27. The molecule has 0 spiro atoms. The monoisotopic (exact) mass is 390 g/mol. The van der Waals surface area contributed by atoms with Gasteiger partial charge in [-0.1, -0.05) is 11.6 Å². The molecule has 0 radical (unpaired) electrons. The standard InChI is InChI=1S/C21H23ClO5/c1-25-20-18(23)16-9-3-13(4-10-17(16)19(24)21(20)26-2)11-12-27-15-7-5-14(22)6-8-15/h5-8,13H,3-4,9-12H2,1-2H3. The van der Waals surface area contributed by atoms with E-state index in [1.54, 1.807) is 12.1 Å². The van der Waals surface area contributed by atoms with Crippen molar-refractivity contribution < 1.29 is 23.8 Å². The van der Waals surface area contributed by atoms with Crippen LogP contribution in [-0.4, -0.2) is 32.4 Å². The lowest BCUT2D eigenvalue weighted by Gasteiger charge is -2.20. The van der Waals surface area contributed by atoms with Crippen molar-refractivity contribution in [3.63, 3.8) is 0 Å². The Morgan fingerprint density at radius 1 is 0.926 bits per heavy atom. The third kappa shape index (κ3) is 4.19. The van der Waals surface area contributed by atoms with E-state index in [1.807, 2.05) is 12.1 Å². The minimum absolute atomic E-state index is 0.0192. The highest BCUT2D eigenvalue weighted by molar-refractivity contribution is 6.30. The molecule has 0 N–H and O–H groups in total. The van der Waals surface area contributed by atoms with Gasteiger partial charge < -0.3 is 14.2 Å². The van der Waals surface area contributed by atoms with Gasteiger partial charge in [0.15, 0.2) is 0 Å². The number of benzene rings is 1. The molecule has 0 atom stereocenters. The zero-order valence-electron chi connectivity index (χ0n) is 15.5. The van der Waals surface area contributed by atoms with Crippen LogP contribution in [0.2, 0.25) is 5.02 Å². The molecule has 27 heavy (non-hydrogen) atoms. The number of carbonyl (C=O) groups is 2. The fourth-order valence-electron chi connectivity index (χ4n) is 3.66. The van der Waals surface area contributed by atoms with Gasteiger partial charge >= 0.3 is 0 Å². The summed E-state index contributed by atoms with van der Waals surface area (Å²) in [6, 6.07) is 7.28. The quantitative estimate of drug-likeness (QED) is 0.679. The van der Waals surface area contributed by atoms with Gasteiger partial charge in [0.1, 0.15) is 5.75 Å². The summed E-state index contributed by atoms with van der Waals surface area (Å²) in [5.74, 6) is 0.774. The first kappa shape index (κ1) is 19.5. The van der Waals surface area contributed by atoms with Crippen LogP contribution in [0.1, 0.15) is 32.1 Å². The van der Waals surface area contributed by atoms with Crippen molar-refractivity contribution >= 4 is 23.2 Å². The molecular formula is C21H23ClO5. The second-order valence-corrected chi connectivity index (χ2v) is 7.15. The van der Waals surface area contributed by atoms with Crippen molar-refractivity contribution in [1.29, 1.82) is 0 Å². The Morgan fingerprint density at radius 2 is 1.44 bits per heavy atom. The molecule has 0 fully saturated rings. The third-order valence-corrected chi connectivity index (χ3v) is 5.41. The maximum absolute atomic E-state index is 12.7. The van der Waals surface area contributed by atoms with Crippen LogP contribution >= 0.6 is 11.6 Å². The van der Waals surface area contributed by atoms with Gasteiger partial charge in [-0.05, 0) is 62.3 Å². The molecule has 0 saturated carbocycles. The van der Waals surface area contributed by atoms with Gasteiger partial charge in [-0.15, -0.1) is 0 Å². The molecule has 6 heteroatoms. The summed E-state index contributed by atoms with van der Waals surface area (Å²) in [6.07, 6.45) is 3.72. The van der Waals surface area contributed by atoms with Crippen LogP contribution in [0.3, 0.4) is 0 Å². The minimum atomic E-state index is -0.220. The van der Waals surface area contributed by atoms with Crippen LogP contribution < -0.4 is 4.74 Å². The summed E-state index contributed by atoms with van der Waals surface area (Å²) < 4.78 is 16.1. The maximum atomic E-state index is 12.7. The lowest BCUT2D eigenvalue weighted by Crippen LogP contribution is -2.25. The Morgan fingerprint density at radius 3 is 1.93 bits per heavy atom. The second-order valence-electron chi connectivity index (χ2n) is 6.72. The van der Waals surface area contributed by atoms with Crippen molar-refractivity contribution in [3.8, 4) is 5.75 Å². The molecule has 3 rings (SSSR count). The van der Waals surface area contributed by atoms with Gasteiger partial charge in [-0.3, -0.25) is 9.59 Å². The van der Waals surface area contributed by atoms with Crippen LogP contribution in [0.4, 0.5) is 0 Å². The van der Waals surface area contributed by atoms with E-state index in [9.17, 15) is 9.59 Å². The van der Waals surface area contributed by atoms with Gasteiger partial charge in [0.25, 0.3) is 0 Å². The number of hydrogen-bond acceptors (Lipinski definition) is 5. The first-order chi connectivity index (χ1) is 13.0. The Kier molecular flexibility index (Phi) is 6.22. The average molecular weight is 391 g/mol. The van der Waals surface area contributed by atoms with Crippen LogP contribution in [0, 0.1) is 5.92 Å². The van der Waals surface area contributed by atoms with Gasteiger partial charge in [-0.2, -0.15) is 0 Å². The zero-order valence-corrected chi connectivity index (χ0v) is 16.3. The summed E-state index contributed by atoms with van der Waals surface area (Å²) in [7, 11) is 2.78. The Bertz CT molecular complexity index is 751. The summed E-state index contributed by atoms with van der Waals surface area (Å²) in [4.78, 5) is 25.4. The number of ether oxygens (including phenoxy) is 3. The first-order valence-corrected chi connectivity index (χ1v) is 9.45. The lowest BCUT2D eigenvalue weighted by atomic mass is 9.89. The lowest BCUT2D eigenvalue weighted by molar-refractivity contribution is -0.121. The third-order valence-electron chi connectivity index (χ3n) is 5.15. The van der Waals surface area contributed by atoms with Gasteiger partial charge in [0.05, 0.1) is 20.8 Å². The van der Waals surface area contributed by atoms with Crippen LogP contribution in [0.25, 0.3) is 0 Å². The van der Waals surface area contributed by atoms with Crippen molar-refractivity contribution in [2.75, 3.05) is 20.8 Å². The maximum Gasteiger partial charge on any atom is 0.228 e. The van der Waals surface area contributed by atoms with E-state index < -0.39 is 0 Å². The van der Waals surface area contributed by atoms with Crippen molar-refractivity contribution in [2.45, 2.75) is 32.1 Å². The van der Waals surface area contributed by atoms with Gasteiger partial charge in [0.2, 0.25) is 23.1 Å². The molecule has 0 aliphatic heterocycles. The van der Waals surface area contributed by atoms with E-state index in [0.29, 0.717) is 41.5 Å². The second kappa shape index (κ2) is 8.61. The fraction of sp³-hybridized carbons (Fsp3) is 0.429. The van der Waals surface area contributed by atoms with Crippen molar-refractivity contribution in [3.05, 3.63) is 52.0 Å². The minimum Gasteiger partial charge on any atom is -0.494 e. The summed E-state index contributed by atoms with van der Waals surface area (Å²) >= 11 is 5.87. The number of halogens is 1. The molecule has 1 aromatic carbocycles. The first-order valence-electron chi connectivity index (χ1n) is 9.07. The van der Waals surface area contributed by atoms with Gasteiger partial charge in [0, 0.05) is 16.2 Å². The summed E-state index contributed by atoms with van der Waals surface area (Å²) in [5.41, 5.74) is 1.16. The summed E-state index contributed by atoms with van der Waals surface area (Å²) in [6.45, 7) is 0.587. The molecule has 0 saturated heterocycles. The molecule has 1 aromatic rings. The molecule has 0 amide bonds. The zero-order chi connectivity index (χ0) is 19.4. The topological polar surface area (TPSA) is 61.8 Å². The Balaban J connectivity index is 1.60. The Labute approximate surface area is 163 Å². The summed E-state index contributed by atoms with van der Waals surface area (Å²) in [5, 5.41) is 0.677. The number of Topliss-reactive ketones (excluding diaryl/α,β-unsaturated/α-hetero) is 2. The predicted molar refractivity (Wildman–Crippen MR) is 102 cm³/mol. The SMILES string of the molecule is COC1=C(OC)C(=O)C2=C(CCC(CCOc3ccc(Cl)cc3)CC2)C1=O. The van der Waals surface area contributed by atoms with E-state index in [2.05, 4.69) is 0 Å². The number of allylic oxidation sites excluding steroid dienone is 2. The van der Waals surface area contributed by atoms with E-state index in [4.69, 9.17) is 25.8 Å². The smallest absolute Gasteiger partial charge is 0.228 e. The van der Waals surface area contributed by atoms with Crippen LogP contribution in [0.5, 0.6) is 5.75 Å². The highest BCUT2D eigenvalue weighted by Gasteiger charge is 2.37. The number of methoxy groups -OCH3 is 2. The highest BCUT2D eigenvalue weighted by Crippen LogP contribution is 2.36. The van der Waals surface area contributed by atoms with E-state index >= 15 is 0 Å². The van der Waals surface area contributed by atoms with E-state index in [1.165, 1.54) is 14.2 Å². The fourth-order valence-corrected chi connectivity index (χ4v) is 3.78. The van der Waals surface area contributed by atoms with Crippen molar-refractivity contribution in [2.24, 2.45) is 5.92 Å². The molecule has 144 valence electrons. The molecular weight excluding hydrogens is 368 g/mol.